The lowest BCUT2D eigenvalue weighted by molar-refractivity contribution is 0.0663. The maximum atomic E-state index is 10.6. The van der Waals surface area contributed by atoms with Crippen LogP contribution < -0.4 is 5.32 Å². The molecular formula is C12H11NO3. The van der Waals surface area contributed by atoms with Crippen LogP contribution in [0.2, 0.25) is 0 Å². The van der Waals surface area contributed by atoms with Gasteiger partial charge in [0.1, 0.15) is 5.76 Å². The monoisotopic (exact) mass is 217 g/mol. The number of carboxylic acids is 1. The molecule has 0 aliphatic rings. The lowest BCUT2D eigenvalue weighted by Crippen LogP contribution is -1.91. The molecule has 0 bridgehead atoms. The number of furan rings is 1. The minimum atomic E-state index is -1.06. The predicted octanol–water partition coefficient (Wildman–Crippen LogP) is 2.69. The first-order valence-corrected chi connectivity index (χ1v) is 4.82. The van der Waals surface area contributed by atoms with Crippen LogP contribution in [-0.2, 0) is 0 Å². The Labute approximate surface area is 92.5 Å². The Morgan fingerprint density at radius 2 is 1.88 bits per heavy atom. The topological polar surface area (TPSA) is 62.5 Å². The molecule has 0 aliphatic carbocycles. The van der Waals surface area contributed by atoms with Gasteiger partial charge in [0, 0.05) is 18.3 Å². The quantitative estimate of drug-likeness (QED) is 0.829. The second-order valence-corrected chi connectivity index (χ2v) is 3.30. The molecule has 2 rings (SSSR count). The maximum absolute atomic E-state index is 10.6. The number of hydrogen-bond acceptors (Lipinski definition) is 3. The Kier molecular flexibility index (Phi) is 2.64. The molecule has 16 heavy (non-hydrogen) atoms. The Morgan fingerprint density at radius 1 is 1.19 bits per heavy atom. The summed E-state index contributed by atoms with van der Waals surface area (Å²) < 4.78 is 5.18. The van der Waals surface area contributed by atoms with E-state index in [0.717, 1.165) is 11.3 Å². The summed E-state index contributed by atoms with van der Waals surface area (Å²) >= 11 is 0. The fourth-order valence-electron chi connectivity index (χ4n) is 1.41. The normalized spacial score (nSPS) is 10.1. The van der Waals surface area contributed by atoms with E-state index in [4.69, 9.17) is 9.52 Å². The van der Waals surface area contributed by atoms with Crippen molar-refractivity contribution in [3.63, 3.8) is 0 Å². The van der Waals surface area contributed by atoms with Crippen LogP contribution in [0.15, 0.2) is 40.8 Å². The van der Waals surface area contributed by atoms with Crippen molar-refractivity contribution < 1.29 is 14.3 Å². The second-order valence-electron chi connectivity index (χ2n) is 3.30. The molecule has 0 saturated heterocycles. The zero-order chi connectivity index (χ0) is 11.5. The molecule has 0 fully saturated rings. The number of nitrogens with one attached hydrogen (secondary N) is 1. The van der Waals surface area contributed by atoms with E-state index in [1.54, 1.807) is 6.07 Å². The van der Waals surface area contributed by atoms with E-state index in [9.17, 15) is 4.79 Å². The summed E-state index contributed by atoms with van der Waals surface area (Å²) in [6.45, 7) is 0. The molecule has 1 aromatic heterocycles. The second kappa shape index (κ2) is 4.10. The summed E-state index contributed by atoms with van der Waals surface area (Å²) in [6.07, 6.45) is 0. The third-order valence-electron chi connectivity index (χ3n) is 2.27. The predicted molar refractivity (Wildman–Crippen MR) is 60.7 cm³/mol. The summed E-state index contributed by atoms with van der Waals surface area (Å²) in [6, 6.07) is 10.6. The van der Waals surface area contributed by atoms with Gasteiger partial charge in [0.25, 0.3) is 0 Å². The number of hydrogen-bond donors (Lipinski definition) is 2. The van der Waals surface area contributed by atoms with Crippen molar-refractivity contribution in [1.29, 1.82) is 0 Å². The number of rotatable bonds is 3. The molecule has 0 atom stereocenters. The van der Waals surface area contributed by atoms with E-state index in [1.807, 2.05) is 31.3 Å². The van der Waals surface area contributed by atoms with E-state index < -0.39 is 5.97 Å². The molecule has 0 spiro atoms. The van der Waals surface area contributed by atoms with Gasteiger partial charge in [0.05, 0.1) is 0 Å². The third-order valence-corrected chi connectivity index (χ3v) is 2.27. The van der Waals surface area contributed by atoms with Crippen molar-refractivity contribution >= 4 is 11.7 Å². The van der Waals surface area contributed by atoms with E-state index in [2.05, 4.69) is 5.32 Å². The van der Waals surface area contributed by atoms with E-state index in [0.29, 0.717) is 5.76 Å². The van der Waals surface area contributed by atoms with Crippen molar-refractivity contribution in [1.82, 2.24) is 0 Å². The number of carbonyl (C=O) groups is 1. The highest BCUT2D eigenvalue weighted by atomic mass is 16.4. The summed E-state index contributed by atoms with van der Waals surface area (Å²) in [5.74, 6) is -0.550. The average molecular weight is 217 g/mol. The Bertz CT molecular complexity index is 499. The van der Waals surface area contributed by atoms with Crippen LogP contribution in [0.1, 0.15) is 10.6 Å². The number of aromatic carboxylic acids is 1. The minimum absolute atomic E-state index is 0.0484. The van der Waals surface area contributed by atoms with Gasteiger partial charge < -0.3 is 14.8 Å². The van der Waals surface area contributed by atoms with Gasteiger partial charge in [-0.05, 0) is 36.4 Å². The highest BCUT2D eigenvalue weighted by Crippen LogP contribution is 2.23. The van der Waals surface area contributed by atoms with Gasteiger partial charge in [0.15, 0.2) is 0 Å². The summed E-state index contributed by atoms with van der Waals surface area (Å²) in [4.78, 5) is 10.6. The van der Waals surface area contributed by atoms with Gasteiger partial charge in [-0.2, -0.15) is 0 Å². The van der Waals surface area contributed by atoms with Crippen LogP contribution in [0.25, 0.3) is 11.3 Å². The smallest absolute Gasteiger partial charge is 0.371 e. The van der Waals surface area contributed by atoms with Gasteiger partial charge >= 0.3 is 5.97 Å². The molecule has 4 nitrogen and oxygen atoms in total. The van der Waals surface area contributed by atoms with Crippen molar-refractivity contribution in [2.45, 2.75) is 0 Å². The number of anilines is 1. The summed E-state index contributed by atoms with van der Waals surface area (Å²) in [5, 5.41) is 11.7. The van der Waals surface area contributed by atoms with Crippen LogP contribution in [-0.4, -0.2) is 18.1 Å². The largest absolute Gasteiger partial charge is 0.475 e. The van der Waals surface area contributed by atoms with Gasteiger partial charge in [-0.25, -0.2) is 4.79 Å². The van der Waals surface area contributed by atoms with Crippen LogP contribution in [0, 0.1) is 0 Å². The highest BCUT2D eigenvalue weighted by Gasteiger charge is 2.09. The molecule has 0 saturated carbocycles. The Hall–Kier alpha value is -2.23. The molecular weight excluding hydrogens is 206 g/mol. The van der Waals surface area contributed by atoms with E-state index in [-0.39, 0.29) is 5.76 Å². The molecule has 0 aliphatic heterocycles. The number of benzene rings is 1. The first kappa shape index (κ1) is 10.3. The van der Waals surface area contributed by atoms with Crippen molar-refractivity contribution in [3.05, 3.63) is 42.2 Å². The molecule has 0 amide bonds. The van der Waals surface area contributed by atoms with Gasteiger partial charge in [-0.15, -0.1) is 0 Å². The molecule has 0 unspecified atom stereocenters. The standard InChI is InChI=1S/C12H11NO3/c1-13-9-4-2-8(3-5-9)10-6-7-11(16-10)12(14)15/h2-7,13H,1H3,(H,14,15). The molecule has 4 heteroatoms. The third kappa shape index (κ3) is 1.91. The lowest BCUT2D eigenvalue weighted by Gasteiger charge is -2.00. The molecule has 2 aromatic rings. The van der Waals surface area contributed by atoms with E-state index in [1.165, 1.54) is 6.07 Å². The van der Waals surface area contributed by atoms with Crippen molar-refractivity contribution in [2.24, 2.45) is 0 Å². The van der Waals surface area contributed by atoms with Crippen LogP contribution in [0.4, 0.5) is 5.69 Å². The molecule has 82 valence electrons. The SMILES string of the molecule is CNc1ccc(-c2ccc(C(=O)O)o2)cc1. The van der Waals surface area contributed by atoms with Gasteiger partial charge in [0.2, 0.25) is 5.76 Å². The van der Waals surface area contributed by atoms with Gasteiger partial charge in [-0.3, -0.25) is 0 Å². The van der Waals surface area contributed by atoms with Crippen molar-refractivity contribution in [2.75, 3.05) is 12.4 Å². The van der Waals surface area contributed by atoms with Crippen LogP contribution in [0.3, 0.4) is 0 Å². The number of carboxylic acid groups (broad SMARTS) is 1. The fraction of sp³-hybridized carbons (Fsp3) is 0.0833. The Morgan fingerprint density at radius 3 is 2.38 bits per heavy atom. The zero-order valence-electron chi connectivity index (χ0n) is 8.73. The molecule has 1 heterocycles. The zero-order valence-corrected chi connectivity index (χ0v) is 8.73. The molecule has 2 N–H and O–H groups in total. The Balaban J connectivity index is 2.31. The maximum Gasteiger partial charge on any atom is 0.371 e. The van der Waals surface area contributed by atoms with E-state index >= 15 is 0 Å². The first-order chi connectivity index (χ1) is 7.70. The molecule has 1 aromatic carbocycles. The molecule has 0 radical (unpaired) electrons. The highest BCUT2D eigenvalue weighted by molar-refractivity contribution is 5.85. The van der Waals surface area contributed by atoms with Crippen LogP contribution in [0.5, 0.6) is 0 Å². The van der Waals surface area contributed by atoms with Crippen LogP contribution >= 0.6 is 0 Å². The van der Waals surface area contributed by atoms with Gasteiger partial charge in [-0.1, -0.05) is 0 Å². The summed E-state index contributed by atoms with van der Waals surface area (Å²) in [7, 11) is 1.84. The minimum Gasteiger partial charge on any atom is -0.475 e. The van der Waals surface area contributed by atoms with Crippen molar-refractivity contribution in [3.8, 4) is 11.3 Å². The summed E-state index contributed by atoms with van der Waals surface area (Å²) in [5.41, 5.74) is 1.85. The first-order valence-electron chi connectivity index (χ1n) is 4.82. The average Bonchev–Trinajstić information content (AvgIpc) is 2.78. The lowest BCUT2D eigenvalue weighted by atomic mass is 10.1. The fourth-order valence-corrected chi connectivity index (χ4v) is 1.41.